The maximum absolute atomic E-state index is 5.72. The molecule has 208 valence electrons. The van der Waals surface area contributed by atoms with Crippen LogP contribution in [-0.2, 0) is 6.54 Å². The number of hydrogen-bond acceptors (Lipinski definition) is 3. The van der Waals surface area contributed by atoms with E-state index in [1.54, 1.807) is 7.11 Å². The minimum atomic E-state index is 0.576. The van der Waals surface area contributed by atoms with Crippen molar-refractivity contribution in [1.29, 1.82) is 0 Å². The standard InChI is InChI=1S/C36H43N3O/c1-23(2)27-12-14-33-34(19-27)39-22-29(25(4)38-21-24(3)16-30(38)20-37-5)17-28-18-31(40-6)13-15-32(28)36(39)35(33)26-10-8-7-9-11-26/h12-15,17-20,24,26,37H,1,4,7-11,16,21-22H2,2-3,5-6H3/b30-20+. The average Bonchev–Trinajstić information content (AvgIpc) is 3.43. The molecule has 2 aromatic carbocycles. The van der Waals surface area contributed by atoms with Crippen LogP contribution in [0.1, 0.15) is 75.0 Å². The number of methoxy groups -OCH3 is 1. The lowest BCUT2D eigenvalue weighted by atomic mass is 9.81. The topological polar surface area (TPSA) is 29.4 Å². The first kappa shape index (κ1) is 26.6. The molecule has 1 unspecified atom stereocenters. The predicted molar refractivity (Wildman–Crippen MR) is 169 cm³/mol. The van der Waals surface area contributed by atoms with E-state index in [4.69, 9.17) is 11.3 Å². The molecular weight excluding hydrogens is 490 g/mol. The van der Waals surface area contributed by atoms with E-state index in [2.05, 4.69) is 83.9 Å². The van der Waals surface area contributed by atoms with Gasteiger partial charge in [-0.1, -0.05) is 57.0 Å². The lowest BCUT2D eigenvalue weighted by molar-refractivity contribution is 0.415. The summed E-state index contributed by atoms with van der Waals surface area (Å²) in [6, 6.07) is 13.6. The molecule has 1 saturated heterocycles. The molecule has 6 rings (SSSR count). The summed E-state index contributed by atoms with van der Waals surface area (Å²) in [7, 11) is 3.74. The molecule has 3 aromatic rings. The van der Waals surface area contributed by atoms with Crippen LogP contribution in [0.2, 0.25) is 0 Å². The van der Waals surface area contributed by atoms with Crippen LogP contribution in [0.25, 0.3) is 33.8 Å². The van der Waals surface area contributed by atoms with Gasteiger partial charge < -0.3 is 19.5 Å². The van der Waals surface area contributed by atoms with Crippen molar-refractivity contribution in [2.75, 3.05) is 20.7 Å². The van der Waals surface area contributed by atoms with E-state index in [-0.39, 0.29) is 0 Å². The quantitative estimate of drug-likeness (QED) is 0.344. The highest BCUT2D eigenvalue weighted by Crippen LogP contribution is 2.48. The van der Waals surface area contributed by atoms with E-state index in [9.17, 15) is 0 Å². The third kappa shape index (κ3) is 4.58. The molecule has 1 aliphatic carbocycles. The minimum absolute atomic E-state index is 0.576. The Hall–Kier alpha value is -3.66. The van der Waals surface area contributed by atoms with Gasteiger partial charge in [0.25, 0.3) is 0 Å². The Kier molecular flexibility index (Phi) is 7.12. The van der Waals surface area contributed by atoms with Gasteiger partial charge in [0.2, 0.25) is 0 Å². The van der Waals surface area contributed by atoms with Gasteiger partial charge in [-0.05, 0) is 90.6 Å². The van der Waals surface area contributed by atoms with Gasteiger partial charge in [-0.2, -0.15) is 0 Å². The lowest BCUT2D eigenvalue weighted by Crippen LogP contribution is -2.21. The fourth-order valence-electron chi connectivity index (χ4n) is 7.20. The zero-order chi connectivity index (χ0) is 28.0. The fraction of sp³-hybridized carbons (Fsp3) is 0.389. The summed E-state index contributed by atoms with van der Waals surface area (Å²) in [6.07, 6.45) is 12.1. The first-order valence-corrected chi connectivity index (χ1v) is 14.9. The number of allylic oxidation sites excluding steroid dienone is 3. The highest BCUT2D eigenvalue weighted by molar-refractivity contribution is 5.96. The molecule has 2 aliphatic heterocycles. The van der Waals surface area contributed by atoms with Gasteiger partial charge in [0.15, 0.2) is 0 Å². The Morgan fingerprint density at radius 3 is 2.60 bits per heavy atom. The number of rotatable bonds is 6. The molecule has 2 fully saturated rings. The average molecular weight is 534 g/mol. The van der Waals surface area contributed by atoms with Crippen LogP contribution in [0, 0.1) is 5.92 Å². The minimum Gasteiger partial charge on any atom is -0.497 e. The largest absolute Gasteiger partial charge is 0.497 e. The number of nitrogens with one attached hydrogen (secondary N) is 1. The van der Waals surface area contributed by atoms with Crippen LogP contribution >= 0.6 is 0 Å². The van der Waals surface area contributed by atoms with Crippen molar-refractivity contribution in [2.24, 2.45) is 5.92 Å². The Morgan fingerprint density at radius 1 is 1.07 bits per heavy atom. The first-order valence-electron chi connectivity index (χ1n) is 14.9. The van der Waals surface area contributed by atoms with E-state index < -0.39 is 0 Å². The van der Waals surface area contributed by atoms with E-state index in [0.717, 1.165) is 36.5 Å². The summed E-state index contributed by atoms with van der Waals surface area (Å²) in [5.41, 5.74) is 12.7. The number of likely N-dealkylation sites (tertiary alicyclic amines) is 1. The summed E-state index contributed by atoms with van der Waals surface area (Å²) in [4.78, 5) is 2.42. The van der Waals surface area contributed by atoms with E-state index in [0.29, 0.717) is 11.8 Å². The second-order valence-electron chi connectivity index (χ2n) is 12.1. The molecule has 1 atom stereocenters. The zero-order valence-corrected chi connectivity index (χ0v) is 24.6. The van der Waals surface area contributed by atoms with Crippen LogP contribution in [-0.4, -0.2) is 30.2 Å². The number of benzene rings is 2. The SMILES string of the molecule is C=C(C)c1ccc2c(C3CCCCC3)c3n(c2c1)CC(C(=C)N1CC(C)C/C1=C\NC)=Cc1cc(OC)ccc1-3. The molecule has 3 aliphatic rings. The lowest BCUT2D eigenvalue weighted by Gasteiger charge is -2.25. The smallest absolute Gasteiger partial charge is 0.119 e. The van der Waals surface area contributed by atoms with Crippen LogP contribution in [0.4, 0.5) is 0 Å². The summed E-state index contributed by atoms with van der Waals surface area (Å²) in [5, 5.41) is 4.66. The molecule has 4 nitrogen and oxygen atoms in total. The van der Waals surface area contributed by atoms with E-state index in [1.165, 1.54) is 82.2 Å². The van der Waals surface area contributed by atoms with Gasteiger partial charge in [0.05, 0.1) is 19.3 Å². The maximum Gasteiger partial charge on any atom is 0.119 e. The van der Waals surface area contributed by atoms with Gasteiger partial charge in [0.1, 0.15) is 5.75 Å². The van der Waals surface area contributed by atoms with Crippen molar-refractivity contribution in [2.45, 2.75) is 64.8 Å². The van der Waals surface area contributed by atoms with E-state index in [1.807, 2.05) is 7.05 Å². The van der Waals surface area contributed by atoms with Gasteiger partial charge in [-0.3, -0.25) is 0 Å². The van der Waals surface area contributed by atoms with Crippen LogP contribution in [0.5, 0.6) is 5.75 Å². The highest BCUT2D eigenvalue weighted by atomic mass is 16.5. The van der Waals surface area contributed by atoms with Gasteiger partial charge in [-0.15, -0.1) is 0 Å². The van der Waals surface area contributed by atoms with Crippen molar-refractivity contribution < 1.29 is 4.74 Å². The second kappa shape index (κ2) is 10.7. The summed E-state index contributed by atoms with van der Waals surface area (Å²) in [6.45, 7) is 15.2. The number of hydrogen-bond donors (Lipinski definition) is 1. The number of nitrogens with zero attached hydrogens (tertiary/aromatic N) is 2. The Labute approximate surface area is 239 Å². The third-order valence-corrected chi connectivity index (χ3v) is 9.19. The molecule has 1 aromatic heterocycles. The maximum atomic E-state index is 5.72. The molecule has 0 radical (unpaired) electrons. The summed E-state index contributed by atoms with van der Waals surface area (Å²) < 4.78 is 8.30. The molecule has 3 heterocycles. The summed E-state index contributed by atoms with van der Waals surface area (Å²) in [5.74, 6) is 2.06. The molecule has 1 saturated carbocycles. The van der Waals surface area contributed by atoms with Crippen molar-refractivity contribution in [1.82, 2.24) is 14.8 Å². The molecular formula is C36H43N3O. The van der Waals surface area contributed by atoms with Crippen LogP contribution in [0.15, 0.2) is 72.7 Å². The monoisotopic (exact) mass is 533 g/mol. The predicted octanol–water partition coefficient (Wildman–Crippen LogP) is 8.71. The second-order valence-corrected chi connectivity index (χ2v) is 12.1. The Balaban J connectivity index is 1.60. The van der Waals surface area contributed by atoms with E-state index >= 15 is 0 Å². The van der Waals surface area contributed by atoms with Crippen molar-refractivity contribution in [3.05, 3.63) is 89.4 Å². The number of aromatic nitrogens is 1. The fourth-order valence-corrected chi connectivity index (χ4v) is 7.20. The molecule has 4 heteroatoms. The number of ether oxygens (including phenoxy) is 1. The van der Waals surface area contributed by atoms with Crippen molar-refractivity contribution in [3.63, 3.8) is 0 Å². The highest BCUT2D eigenvalue weighted by Gasteiger charge is 2.32. The molecule has 1 N–H and O–H groups in total. The molecule has 0 spiro atoms. The van der Waals surface area contributed by atoms with Crippen molar-refractivity contribution >= 4 is 22.6 Å². The van der Waals surface area contributed by atoms with Gasteiger partial charge in [-0.25, -0.2) is 0 Å². The van der Waals surface area contributed by atoms with Gasteiger partial charge in [0, 0.05) is 47.7 Å². The summed E-state index contributed by atoms with van der Waals surface area (Å²) >= 11 is 0. The first-order chi connectivity index (χ1) is 19.4. The van der Waals surface area contributed by atoms with Crippen molar-refractivity contribution in [3.8, 4) is 17.0 Å². The van der Waals surface area contributed by atoms with Gasteiger partial charge >= 0.3 is 0 Å². The van der Waals surface area contributed by atoms with Crippen LogP contribution in [0.3, 0.4) is 0 Å². The molecule has 0 amide bonds. The van der Waals surface area contributed by atoms with Crippen LogP contribution < -0.4 is 10.1 Å². The number of fused-ring (bicyclic) bond motifs is 5. The molecule has 0 bridgehead atoms. The third-order valence-electron chi connectivity index (χ3n) is 9.19. The zero-order valence-electron chi connectivity index (χ0n) is 24.6. The Morgan fingerprint density at radius 2 is 1.88 bits per heavy atom. The Bertz CT molecular complexity index is 1550. The molecule has 40 heavy (non-hydrogen) atoms. The normalized spacial score (nSPS) is 20.2.